The molecule has 9 aromatic carbocycles. The molecular formula is C49H30N4. The fraction of sp³-hybridized carbons (Fsp3) is 0. The zero-order valence-corrected chi connectivity index (χ0v) is 28.6. The van der Waals surface area contributed by atoms with Gasteiger partial charge in [-0.15, -0.1) is 0 Å². The third kappa shape index (κ3) is 4.59. The summed E-state index contributed by atoms with van der Waals surface area (Å²) in [6.45, 7) is 0. The Kier molecular flexibility index (Phi) is 6.52. The highest BCUT2D eigenvalue weighted by Crippen LogP contribution is 2.41. The van der Waals surface area contributed by atoms with Gasteiger partial charge in [-0.05, 0) is 67.4 Å². The van der Waals surface area contributed by atoms with Crippen LogP contribution in [0.3, 0.4) is 0 Å². The van der Waals surface area contributed by atoms with Crippen molar-refractivity contribution in [3.8, 4) is 39.9 Å². The number of fused-ring (bicyclic) bond motifs is 9. The molecule has 0 saturated heterocycles. The van der Waals surface area contributed by atoms with E-state index in [0.29, 0.717) is 17.5 Å². The van der Waals surface area contributed by atoms with Crippen LogP contribution in [0.2, 0.25) is 0 Å². The lowest BCUT2D eigenvalue weighted by Crippen LogP contribution is -2.04. The fourth-order valence-electron chi connectivity index (χ4n) is 8.23. The second kappa shape index (κ2) is 11.7. The van der Waals surface area contributed by atoms with E-state index in [0.717, 1.165) is 49.6 Å². The lowest BCUT2D eigenvalue weighted by molar-refractivity contribution is 1.07. The Bertz CT molecular complexity index is 3180. The number of nitrogens with zero attached hydrogens (tertiary/aromatic N) is 4. The van der Waals surface area contributed by atoms with Gasteiger partial charge in [0.1, 0.15) is 0 Å². The Labute approximate surface area is 305 Å². The van der Waals surface area contributed by atoms with Crippen molar-refractivity contribution < 1.29 is 0 Å². The van der Waals surface area contributed by atoms with Crippen LogP contribution in [0, 0.1) is 0 Å². The van der Waals surface area contributed by atoms with Crippen LogP contribution in [0.4, 0.5) is 0 Å². The van der Waals surface area contributed by atoms with Crippen LogP contribution in [0.25, 0.3) is 105 Å². The first-order valence-corrected chi connectivity index (χ1v) is 18.0. The van der Waals surface area contributed by atoms with Crippen LogP contribution >= 0.6 is 0 Å². The average Bonchev–Trinajstić information content (AvgIpc) is 3.57. The van der Waals surface area contributed by atoms with Gasteiger partial charge in [-0.3, -0.25) is 0 Å². The van der Waals surface area contributed by atoms with E-state index in [1.807, 2.05) is 18.2 Å². The predicted molar refractivity (Wildman–Crippen MR) is 220 cm³/mol. The largest absolute Gasteiger partial charge is 0.308 e. The fourth-order valence-corrected chi connectivity index (χ4v) is 8.23. The topological polar surface area (TPSA) is 43.6 Å². The van der Waals surface area contributed by atoms with Crippen molar-refractivity contribution in [2.45, 2.75) is 0 Å². The molecule has 11 aromatic rings. The lowest BCUT2D eigenvalue weighted by Gasteiger charge is -2.17. The predicted octanol–water partition coefficient (Wildman–Crippen LogP) is 12.6. The summed E-state index contributed by atoms with van der Waals surface area (Å²) in [5.74, 6) is 1.90. The highest BCUT2D eigenvalue weighted by atomic mass is 15.1. The summed E-state index contributed by atoms with van der Waals surface area (Å²) in [4.78, 5) is 16.1. The van der Waals surface area contributed by atoms with Crippen LogP contribution < -0.4 is 0 Å². The third-order valence-corrected chi connectivity index (χ3v) is 10.6. The van der Waals surface area contributed by atoms with Gasteiger partial charge < -0.3 is 4.57 Å². The van der Waals surface area contributed by atoms with Gasteiger partial charge in [-0.25, -0.2) is 15.0 Å². The molecule has 0 bridgehead atoms. The Hall–Kier alpha value is -7.17. The van der Waals surface area contributed by atoms with E-state index in [4.69, 9.17) is 15.0 Å². The van der Waals surface area contributed by atoms with E-state index in [-0.39, 0.29) is 0 Å². The summed E-state index contributed by atoms with van der Waals surface area (Å²) in [7, 11) is 0. The third-order valence-electron chi connectivity index (χ3n) is 10.6. The molecule has 0 aliphatic heterocycles. The molecule has 0 radical (unpaired) electrons. The Morgan fingerprint density at radius 3 is 1.57 bits per heavy atom. The smallest absolute Gasteiger partial charge is 0.166 e. The molecule has 0 unspecified atom stereocenters. The standard InChI is InChI=1S/C49H30N4/c1-2-16-33(17-3-1)47-50-48(42-30-41-34-18-6-4-14-31(34)26-28-38(41)36-20-8-9-21-37(36)42)52-49(51-47)46-35-19-7-5-15-32(35)27-29-45(46)53-43-24-12-10-22-39(43)40-23-11-13-25-44(40)53/h1-30H. The monoisotopic (exact) mass is 674 g/mol. The quantitative estimate of drug-likeness (QED) is 0.175. The van der Waals surface area contributed by atoms with Gasteiger partial charge in [-0.1, -0.05) is 158 Å². The van der Waals surface area contributed by atoms with Crippen molar-refractivity contribution in [2.75, 3.05) is 0 Å². The Morgan fingerprint density at radius 1 is 0.321 bits per heavy atom. The molecule has 0 spiro atoms. The van der Waals surface area contributed by atoms with Gasteiger partial charge in [0.15, 0.2) is 17.5 Å². The van der Waals surface area contributed by atoms with Crippen molar-refractivity contribution in [1.29, 1.82) is 0 Å². The minimum absolute atomic E-state index is 0.629. The van der Waals surface area contributed by atoms with E-state index in [2.05, 4.69) is 168 Å². The molecule has 4 nitrogen and oxygen atoms in total. The molecule has 0 atom stereocenters. The second-order valence-electron chi connectivity index (χ2n) is 13.6. The van der Waals surface area contributed by atoms with Gasteiger partial charge in [-0.2, -0.15) is 0 Å². The SMILES string of the molecule is c1ccc(-c2nc(-c3c(-n4c5ccccc5c5ccccc54)ccc4ccccc34)nc(-c3cc4c5ccccc5ccc4c4ccccc34)n2)cc1. The summed E-state index contributed by atoms with van der Waals surface area (Å²) in [6, 6.07) is 64.4. The van der Waals surface area contributed by atoms with Gasteiger partial charge in [0.2, 0.25) is 0 Å². The lowest BCUT2D eigenvalue weighted by atomic mass is 9.93. The molecule has 0 saturated carbocycles. The van der Waals surface area contributed by atoms with E-state index < -0.39 is 0 Å². The molecular weight excluding hydrogens is 645 g/mol. The molecule has 0 N–H and O–H groups in total. The van der Waals surface area contributed by atoms with Crippen molar-refractivity contribution in [3.63, 3.8) is 0 Å². The second-order valence-corrected chi connectivity index (χ2v) is 13.6. The molecule has 2 heterocycles. The van der Waals surface area contributed by atoms with E-state index in [1.54, 1.807) is 0 Å². The molecule has 2 aromatic heterocycles. The van der Waals surface area contributed by atoms with Crippen LogP contribution in [-0.4, -0.2) is 19.5 Å². The molecule has 246 valence electrons. The number of rotatable bonds is 4. The number of hydrogen-bond donors (Lipinski definition) is 0. The van der Waals surface area contributed by atoms with Crippen LogP contribution in [0.1, 0.15) is 0 Å². The number of benzene rings is 9. The van der Waals surface area contributed by atoms with Crippen molar-refractivity contribution in [1.82, 2.24) is 19.5 Å². The first-order chi connectivity index (χ1) is 26.3. The molecule has 11 rings (SSSR count). The molecule has 0 fully saturated rings. The summed E-state index contributed by atoms with van der Waals surface area (Å²) in [5, 5.41) is 11.7. The van der Waals surface area contributed by atoms with E-state index in [1.165, 1.54) is 37.7 Å². The van der Waals surface area contributed by atoms with Crippen molar-refractivity contribution in [2.24, 2.45) is 0 Å². The Balaban J connectivity index is 1.28. The van der Waals surface area contributed by atoms with Gasteiger partial charge in [0.25, 0.3) is 0 Å². The number of aromatic nitrogens is 4. The summed E-state index contributed by atoms with van der Waals surface area (Å²) in [6.07, 6.45) is 0. The minimum Gasteiger partial charge on any atom is -0.308 e. The van der Waals surface area contributed by atoms with Crippen LogP contribution in [-0.2, 0) is 0 Å². The van der Waals surface area contributed by atoms with E-state index >= 15 is 0 Å². The highest BCUT2D eigenvalue weighted by molar-refractivity contribution is 6.20. The van der Waals surface area contributed by atoms with E-state index in [9.17, 15) is 0 Å². The molecule has 4 heteroatoms. The van der Waals surface area contributed by atoms with Gasteiger partial charge in [0, 0.05) is 21.9 Å². The van der Waals surface area contributed by atoms with Crippen molar-refractivity contribution >= 4 is 64.9 Å². The maximum Gasteiger partial charge on any atom is 0.166 e. The Morgan fingerprint density at radius 2 is 0.830 bits per heavy atom. The maximum absolute atomic E-state index is 5.48. The van der Waals surface area contributed by atoms with Crippen molar-refractivity contribution in [3.05, 3.63) is 182 Å². The highest BCUT2D eigenvalue weighted by Gasteiger charge is 2.22. The molecule has 0 amide bonds. The van der Waals surface area contributed by atoms with Gasteiger partial charge >= 0.3 is 0 Å². The van der Waals surface area contributed by atoms with Crippen LogP contribution in [0.5, 0.6) is 0 Å². The maximum atomic E-state index is 5.48. The number of para-hydroxylation sites is 2. The average molecular weight is 675 g/mol. The zero-order chi connectivity index (χ0) is 34.9. The first kappa shape index (κ1) is 29.5. The number of hydrogen-bond acceptors (Lipinski definition) is 3. The molecule has 0 aliphatic carbocycles. The molecule has 53 heavy (non-hydrogen) atoms. The minimum atomic E-state index is 0.629. The summed E-state index contributed by atoms with van der Waals surface area (Å²) < 4.78 is 2.37. The summed E-state index contributed by atoms with van der Waals surface area (Å²) in [5.41, 5.74) is 6.17. The molecule has 0 aliphatic rings. The van der Waals surface area contributed by atoms with Gasteiger partial charge in [0.05, 0.1) is 22.3 Å². The normalized spacial score (nSPS) is 11.8. The summed E-state index contributed by atoms with van der Waals surface area (Å²) >= 11 is 0. The van der Waals surface area contributed by atoms with Crippen LogP contribution in [0.15, 0.2) is 182 Å². The zero-order valence-electron chi connectivity index (χ0n) is 28.6. The first-order valence-electron chi connectivity index (χ1n) is 18.0.